The minimum absolute atomic E-state index is 0.218. The smallest absolute Gasteiger partial charge is 0.224 e. The van der Waals surface area contributed by atoms with Crippen molar-refractivity contribution < 1.29 is 4.57 Å². The molecule has 0 aliphatic carbocycles. The Hall–Kier alpha value is -3.91. The second kappa shape index (κ2) is 10.6. The van der Waals surface area contributed by atoms with Gasteiger partial charge in [-0.25, -0.2) is 4.57 Å². The summed E-state index contributed by atoms with van der Waals surface area (Å²) < 4.78 is 4.99. The zero-order valence-electron chi connectivity index (χ0n) is 30.1. The summed E-state index contributed by atoms with van der Waals surface area (Å²) in [7, 11) is 2.22. The van der Waals surface area contributed by atoms with E-state index in [-0.39, 0.29) is 5.41 Å². The maximum Gasteiger partial charge on any atom is 0.224 e. The third kappa shape index (κ3) is 4.62. The standard InChI is InChI=1S/C44H51N2/c1-24(2)31-20-34(25(3)4)40(35(21-31)26(5)6)32-19-30-15-16-45(12)43-39-28(8)27(7)17-36-33-14-13-29(23-44(9,10)11)18-37(33)46(42(36)39)38(22-32)41(30)43/h13-22,24-26H,23H2,1-12H3/q+1. The molecule has 3 heterocycles. The number of pyridine rings is 2. The van der Waals surface area contributed by atoms with Gasteiger partial charge in [0.05, 0.1) is 27.3 Å². The molecule has 0 aliphatic rings. The quantitative estimate of drug-likeness (QED) is 0.104. The molecule has 0 amide bonds. The van der Waals surface area contributed by atoms with Crippen LogP contribution in [0.2, 0.25) is 0 Å². The van der Waals surface area contributed by atoms with Crippen LogP contribution >= 0.6 is 0 Å². The van der Waals surface area contributed by atoms with Crippen LogP contribution < -0.4 is 4.57 Å². The molecule has 7 aromatic rings. The normalized spacial score (nSPS) is 13.0. The van der Waals surface area contributed by atoms with Gasteiger partial charge >= 0.3 is 0 Å². The lowest BCUT2D eigenvalue weighted by Gasteiger charge is -2.24. The average Bonchev–Trinajstić information content (AvgIpc) is 3.29. The van der Waals surface area contributed by atoms with Crippen molar-refractivity contribution in [3.05, 3.63) is 94.2 Å². The Labute approximate surface area is 275 Å². The number of benzene rings is 4. The van der Waals surface area contributed by atoms with E-state index in [0.29, 0.717) is 17.8 Å². The van der Waals surface area contributed by atoms with E-state index in [1.54, 1.807) is 0 Å². The molecule has 0 spiro atoms. The Morgan fingerprint density at radius 3 is 2.00 bits per heavy atom. The molecule has 0 radical (unpaired) electrons. The van der Waals surface area contributed by atoms with Gasteiger partial charge in [-0.05, 0) is 118 Å². The topological polar surface area (TPSA) is 8.29 Å². The fraction of sp³-hybridized carbons (Fsp3) is 0.386. The highest BCUT2D eigenvalue weighted by Gasteiger charge is 2.27. The minimum atomic E-state index is 0.218. The summed E-state index contributed by atoms with van der Waals surface area (Å²) in [5, 5.41) is 6.74. The van der Waals surface area contributed by atoms with E-state index in [4.69, 9.17) is 0 Å². The molecule has 4 aromatic carbocycles. The van der Waals surface area contributed by atoms with Crippen LogP contribution in [0.25, 0.3) is 60.1 Å². The Balaban J connectivity index is 1.72. The Morgan fingerprint density at radius 1 is 0.717 bits per heavy atom. The first kappa shape index (κ1) is 30.7. The molecule has 0 saturated heterocycles. The fourth-order valence-corrected chi connectivity index (χ4v) is 8.11. The SMILES string of the molecule is Cc1cc2c3ccc(CC(C)(C)C)cc3n3c4cc(-c5c(C(C)C)cc(C(C)C)cc5C(C)C)cc5cc[n+](C)c(c(c1C)c23)c54. The van der Waals surface area contributed by atoms with Gasteiger partial charge in [0.1, 0.15) is 7.05 Å². The zero-order chi connectivity index (χ0) is 33.0. The molecule has 0 aliphatic heterocycles. The molecular formula is C44H51N2+. The summed E-state index contributed by atoms with van der Waals surface area (Å²) in [6.07, 6.45) is 3.32. The summed E-state index contributed by atoms with van der Waals surface area (Å²) in [5.41, 5.74) is 16.8. The molecule has 0 fully saturated rings. The van der Waals surface area contributed by atoms with Crippen LogP contribution in [0.15, 0.2) is 60.8 Å². The van der Waals surface area contributed by atoms with Gasteiger partial charge in [0.25, 0.3) is 0 Å². The lowest BCUT2D eigenvalue weighted by molar-refractivity contribution is -0.643. The maximum atomic E-state index is 2.63. The Morgan fingerprint density at radius 2 is 1.39 bits per heavy atom. The third-order valence-corrected chi connectivity index (χ3v) is 10.5. The molecule has 236 valence electrons. The molecule has 0 N–H and O–H groups in total. The number of hydrogen-bond acceptors (Lipinski definition) is 0. The van der Waals surface area contributed by atoms with Crippen LogP contribution in [0.5, 0.6) is 0 Å². The van der Waals surface area contributed by atoms with E-state index >= 15 is 0 Å². The van der Waals surface area contributed by atoms with Gasteiger partial charge in [0, 0.05) is 16.8 Å². The Bertz CT molecular complexity index is 2290. The number of rotatable bonds is 5. The summed E-state index contributed by atoms with van der Waals surface area (Å²) in [6, 6.07) is 22.0. The molecular weight excluding hydrogens is 556 g/mol. The highest BCUT2D eigenvalue weighted by Crippen LogP contribution is 2.45. The highest BCUT2D eigenvalue weighted by atomic mass is 15.0. The summed E-state index contributed by atoms with van der Waals surface area (Å²) in [5.74, 6) is 1.34. The highest BCUT2D eigenvalue weighted by molar-refractivity contribution is 6.26. The third-order valence-electron chi connectivity index (χ3n) is 10.5. The van der Waals surface area contributed by atoms with Crippen LogP contribution in [0.3, 0.4) is 0 Å². The van der Waals surface area contributed by atoms with E-state index < -0.39 is 0 Å². The fourth-order valence-electron chi connectivity index (χ4n) is 8.11. The summed E-state index contributed by atoms with van der Waals surface area (Å²) in [4.78, 5) is 0. The van der Waals surface area contributed by atoms with Crippen molar-refractivity contribution in [1.29, 1.82) is 0 Å². The van der Waals surface area contributed by atoms with Gasteiger partial charge in [-0.3, -0.25) is 0 Å². The molecule has 2 heteroatoms. The van der Waals surface area contributed by atoms with Crippen molar-refractivity contribution in [3.8, 4) is 11.1 Å². The number of hydrogen-bond donors (Lipinski definition) is 0. The first-order valence-corrected chi connectivity index (χ1v) is 17.4. The van der Waals surface area contributed by atoms with Crippen molar-refractivity contribution in [2.75, 3.05) is 0 Å². The van der Waals surface area contributed by atoms with E-state index in [1.807, 2.05) is 0 Å². The van der Waals surface area contributed by atoms with Crippen molar-refractivity contribution in [2.45, 2.75) is 100 Å². The van der Waals surface area contributed by atoms with Crippen LogP contribution in [-0.4, -0.2) is 4.40 Å². The summed E-state index contributed by atoms with van der Waals surface area (Å²) >= 11 is 0. The van der Waals surface area contributed by atoms with E-state index in [2.05, 4.69) is 153 Å². The van der Waals surface area contributed by atoms with Crippen molar-refractivity contribution in [1.82, 2.24) is 4.40 Å². The lowest BCUT2D eigenvalue weighted by Crippen LogP contribution is -2.29. The predicted molar refractivity (Wildman–Crippen MR) is 200 cm³/mol. The molecule has 3 aromatic heterocycles. The van der Waals surface area contributed by atoms with Crippen molar-refractivity contribution >= 4 is 49.0 Å². The van der Waals surface area contributed by atoms with Crippen LogP contribution in [-0.2, 0) is 13.5 Å². The van der Waals surface area contributed by atoms with Gasteiger partial charge in [-0.2, -0.15) is 0 Å². The zero-order valence-corrected chi connectivity index (χ0v) is 30.1. The molecule has 0 bridgehead atoms. The van der Waals surface area contributed by atoms with Gasteiger partial charge in [-0.15, -0.1) is 0 Å². The molecule has 0 atom stereocenters. The number of aromatic nitrogens is 2. The van der Waals surface area contributed by atoms with E-state index in [1.165, 1.54) is 93.5 Å². The lowest BCUT2D eigenvalue weighted by atomic mass is 9.81. The summed E-state index contributed by atoms with van der Waals surface area (Å²) in [6.45, 7) is 25.7. The van der Waals surface area contributed by atoms with Crippen LogP contribution in [0.1, 0.15) is 113 Å². The number of fused-ring (bicyclic) bond motifs is 5. The first-order valence-electron chi connectivity index (χ1n) is 17.4. The monoisotopic (exact) mass is 607 g/mol. The van der Waals surface area contributed by atoms with E-state index in [0.717, 1.165) is 6.42 Å². The van der Waals surface area contributed by atoms with E-state index in [9.17, 15) is 0 Å². The van der Waals surface area contributed by atoms with Gasteiger partial charge in [0.2, 0.25) is 5.52 Å². The van der Waals surface area contributed by atoms with Gasteiger partial charge in [0.15, 0.2) is 6.20 Å². The van der Waals surface area contributed by atoms with Gasteiger partial charge < -0.3 is 4.40 Å². The molecule has 0 unspecified atom stereocenters. The molecule has 0 saturated carbocycles. The number of aryl methyl sites for hydroxylation is 3. The second-order valence-corrected chi connectivity index (χ2v) is 16.3. The average molecular weight is 608 g/mol. The Kier molecular flexibility index (Phi) is 7.05. The second-order valence-electron chi connectivity index (χ2n) is 16.3. The first-order chi connectivity index (χ1) is 21.7. The van der Waals surface area contributed by atoms with Crippen LogP contribution in [0, 0.1) is 19.3 Å². The van der Waals surface area contributed by atoms with Gasteiger partial charge in [-0.1, -0.05) is 86.6 Å². The van der Waals surface area contributed by atoms with Crippen molar-refractivity contribution in [3.63, 3.8) is 0 Å². The number of nitrogens with zero attached hydrogens (tertiary/aromatic N) is 2. The predicted octanol–water partition coefficient (Wildman–Crippen LogP) is 12.1. The molecule has 7 rings (SSSR count). The molecule has 2 nitrogen and oxygen atoms in total. The van der Waals surface area contributed by atoms with Crippen LogP contribution in [0.4, 0.5) is 0 Å². The minimum Gasteiger partial charge on any atom is -0.307 e. The largest absolute Gasteiger partial charge is 0.307 e. The maximum absolute atomic E-state index is 2.63. The van der Waals surface area contributed by atoms with Crippen molar-refractivity contribution in [2.24, 2.45) is 12.5 Å². The molecule has 46 heavy (non-hydrogen) atoms.